The van der Waals surface area contributed by atoms with Gasteiger partial charge in [0.25, 0.3) is 5.56 Å². The Morgan fingerprint density at radius 3 is 2.62 bits per heavy atom. The van der Waals surface area contributed by atoms with Crippen molar-refractivity contribution in [2.45, 2.75) is 44.1 Å². The second-order valence-corrected chi connectivity index (χ2v) is 7.37. The lowest BCUT2D eigenvalue weighted by Crippen LogP contribution is -2.40. The molecule has 0 radical (unpaired) electrons. The van der Waals surface area contributed by atoms with Crippen LogP contribution in [0.1, 0.15) is 42.9 Å². The number of fused-ring (bicyclic) bond motifs is 2. The highest BCUT2D eigenvalue weighted by atomic mass is 16.2. The topological polar surface area (TPSA) is 108 Å². The summed E-state index contributed by atoms with van der Waals surface area (Å²) in [4.78, 5) is 36.9. The highest BCUT2D eigenvalue weighted by molar-refractivity contribution is 5.76. The van der Waals surface area contributed by atoms with E-state index in [1.807, 2.05) is 6.07 Å². The van der Waals surface area contributed by atoms with Gasteiger partial charge in [0.1, 0.15) is 5.69 Å². The van der Waals surface area contributed by atoms with Crippen molar-refractivity contribution in [1.29, 1.82) is 0 Å². The van der Waals surface area contributed by atoms with Crippen LogP contribution in [0.4, 0.5) is 0 Å². The van der Waals surface area contributed by atoms with E-state index in [0.29, 0.717) is 17.8 Å². The zero-order valence-corrected chi connectivity index (χ0v) is 14.4. The van der Waals surface area contributed by atoms with Crippen LogP contribution < -0.4 is 16.6 Å². The van der Waals surface area contributed by atoms with E-state index in [-0.39, 0.29) is 30.5 Å². The van der Waals surface area contributed by atoms with Crippen molar-refractivity contribution in [3.05, 3.63) is 62.4 Å². The van der Waals surface area contributed by atoms with Gasteiger partial charge in [-0.2, -0.15) is 5.10 Å². The fourth-order valence-electron chi connectivity index (χ4n) is 4.61. The van der Waals surface area contributed by atoms with Crippen molar-refractivity contribution >= 4 is 5.91 Å². The maximum absolute atomic E-state index is 12.3. The number of carbonyl (C=O) groups is 1. The van der Waals surface area contributed by atoms with Gasteiger partial charge in [0.05, 0.1) is 0 Å². The Morgan fingerprint density at radius 1 is 1.12 bits per heavy atom. The molecule has 136 valence electrons. The van der Waals surface area contributed by atoms with Gasteiger partial charge in [0.15, 0.2) is 0 Å². The van der Waals surface area contributed by atoms with Crippen LogP contribution in [0, 0.1) is 11.8 Å². The normalized spacial score (nSPS) is 26.8. The standard InChI is InChI=1S/C19H22N4O3/c24-17(7-6-15-18(25)21-19(26)23-22-15)20-16-10-12-8-13(16)9-14(12)11-4-2-1-3-5-11/h1-5,12-14,16H,6-10H2,(H,20,24)(H2,21,23,25,26)/t12-,13-,14+,16-/m1/s1. The van der Waals surface area contributed by atoms with Crippen molar-refractivity contribution in [3.63, 3.8) is 0 Å². The molecule has 1 aromatic carbocycles. The summed E-state index contributed by atoms with van der Waals surface area (Å²) >= 11 is 0. The molecule has 2 bridgehead atoms. The minimum atomic E-state index is -0.641. The first kappa shape index (κ1) is 16.8. The molecule has 1 aromatic heterocycles. The molecule has 7 nitrogen and oxygen atoms in total. The summed E-state index contributed by atoms with van der Waals surface area (Å²) in [6.07, 6.45) is 3.73. The molecule has 4 rings (SSSR count). The molecule has 0 saturated heterocycles. The molecule has 2 aliphatic rings. The first-order valence-electron chi connectivity index (χ1n) is 9.12. The van der Waals surface area contributed by atoms with E-state index in [2.05, 4.69) is 44.8 Å². The minimum absolute atomic E-state index is 0.0637. The second kappa shape index (κ2) is 6.90. The molecule has 26 heavy (non-hydrogen) atoms. The first-order chi connectivity index (χ1) is 12.6. The van der Waals surface area contributed by atoms with Gasteiger partial charge in [-0.3, -0.25) is 14.6 Å². The molecule has 2 fully saturated rings. The summed E-state index contributed by atoms with van der Waals surface area (Å²) in [5.41, 5.74) is 0.412. The maximum atomic E-state index is 12.3. The summed E-state index contributed by atoms with van der Waals surface area (Å²) in [6.45, 7) is 0. The van der Waals surface area contributed by atoms with E-state index in [1.54, 1.807) is 0 Å². The van der Waals surface area contributed by atoms with E-state index in [1.165, 1.54) is 12.0 Å². The summed E-state index contributed by atoms with van der Waals surface area (Å²) in [5.74, 6) is 1.71. The van der Waals surface area contributed by atoms with Crippen LogP contribution in [0.3, 0.4) is 0 Å². The number of nitrogens with one attached hydrogen (secondary N) is 3. The van der Waals surface area contributed by atoms with Crippen molar-refractivity contribution in [2.24, 2.45) is 11.8 Å². The van der Waals surface area contributed by atoms with E-state index in [9.17, 15) is 14.4 Å². The van der Waals surface area contributed by atoms with E-state index in [4.69, 9.17) is 0 Å². The molecule has 1 amide bonds. The maximum Gasteiger partial charge on any atom is 0.342 e. The molecule has 2 aliphatic carbocycles. The number of H-pyrrole nitrogens is 2. The predicted octanol–water partition coefficient (Wildman–Crippen LogP) is 1.09. The molecule has 4 atom stereocenters. The monoisotopic (exact) mass is 354 g/mol. The number of aryl methyl sites for hydroxylation is 1. The highest BCUT2D eigenvalue weighted by Gasteiger charge is 2.46. The summed E-state index contributed by atoms with van der Waals surface area (Å²) < 4.78 is 0. The Hall–Kier alpha value is -2.70. The van der Waals surface area contributed by atoms with Gasteiger partial charge in [-0.05, 0) is 42.6 Å². The summed E-state index contributed by atoms with van der Waals surface area (Å²) in [7, 11) is 0. The van der Waals surface area contributed by atoms with Crippen molar-refractivity contribution < 1.29 is 4.79 Å². The minimum Gasteiger partial charge on any atom is -0.353 e. The van der Waals surface area contributed by atoms with Gasteiger partial charge in [0.2, 0.25) is 5.91 Å². The Kier molecular flexibility index (Phi) is 4.44. The average molecular weight is 354 g/mol. The third kappa shape index (κ3) is 3.34. The molecule has 0 unspecified atom stereocenters. The second-order valence-electron chi connectivity index (χ2n) is 7.37. The number of hydrogen-bond donors (Lipinski definition) is 3. The Balaban J connectivity index is 1.30. The van der Waals surface area contributed by atoms with E-state index in [0.717, 1.165) is 12.8 Å². The average Bonchev–Trinajstić information content (AvgIpc) is 3.22. The number of rotatable bonds is 5. The van der Waals surface area contributed by atoms with Crippen molar-refractivity contribution in [1.82, 2.24) is 20.5 Å². The number of aromatic amines is 2. The Labute approximate surface area is 150 Å². The van der Waals surface area contributed by atoms with Crippen LogP contribution in [0.2, 0.25) is 0 Å². The number of carbonyl (C=O) groups excluding carboxylic acids is 1. The van der Waals surface area contributed by atoms with Gasteiger partial charge in [-0.1, -0.05) is 30.3 Å². The SMILES string of the molecule is O=C(CCc1n[nH]c(=O)[nH]c1=O)N[C@@H]1C[C@H]2C[C@@H]1C[C@H]2c1ccccc1. The lowest BCUT2D eigenvalue weighted by molar-refractivity contribution is -0.122. The van der Waals surface area contributed by atoms with Gasteiger partial charge in [-0.15, -0.1) is 0 Å². The fourth-order valence-corrected chi connectivity index (χ4v) is 4.61. The zero-order valence-electron chi connectivity index (χ0n) is 14.4. The lowest BCUT2D eigenvalue weighted by atomic mass is 9.81. The van der Waals surface area contributed by atoms with Crippen molar-refractivity contribution in [3.8, 4) is 0 Å². The number of benzene rings is 1. The summed E-state index contributed by atoms with van der Waals surface area (Å²) in [5, 5.41) is 9.02. The van der Waals surface area contributed by atoms with Crippen LogP contribution in [-0.4, -0.2) is 27.1 Å². The van der Waals surface area contributed by atoms with Gasteiger partial charge in [0, 0.05) is 18.9 Å². The molecule has 2 saturated carbocycles. The molecule has 2 aromatic rings. The lowest BCUT2D eigenvalue weighted by Gasteiger charge is -2.29. The molecule has 3 N–H and O–H groups in total. The first-order valence-corrected chi connectivity index (χ1v) is 9.12. The predicted molar refractivity (Wildman–Crippen MR) is 95.7 cm³/mol. The van der Waals surface area contributed by atoms with Crippen LogP contribution in [-0.2, 0) is 11.2 Å². The summed E-state index contributed by atoms with van der Waals surface area (Å²) in [6, 6.07) is 10.9. The molecular formula is C19H22N4O3. The van der Waals surface area contributed by atoms with Crippen LogP contribution in [0.5, 0.6) is 0 Å². The molecule has 7 heteroatoms. The van der Waals surface area contributed by atoms with Crippen molar-refractivity contribution in [2.75, 3.05) is 0 Å². The Morgan fingerprint density at radius 2 is 1.92 bits per heavy atom. The highest BCUT2D eigenvalue weighted by Crippen LogP contribution is 2.52. The largest absolute Gasteiger partial charge is 0.353 e. The third-order valence-electron chi connectivity index (χ3n) is 5.80. The van der Waals surface area contributed by atoms with Gasteiger partial charge >= 0.3 is 5.69 Å². The molecule has 1 heterocycles. The molecule has 0 spiro atoms. The van der Waals surface area contributed by atoms with Crippen LogP contribution in [0.15, 0.2) is 39.9 Å². The fraction of sp³-hybridized carbons (Fsp3) is 0.474. The number of aromatic nitrogens is 3. The van der Waals surface area contributed by atoms with E-state index < -0.39 is 11.2 Å². The van der Waals surface area contributed by atoms with Gasteiger partial charge in [-0.25, -0.2) is 9.89 Å². The zero-order chi connectivity index (χ0) is 18.1. The quantitative estimate of drug-likeness (QED) is 0.747. The molecule has 0 aliphatic heterocycles. The molecular weight excluding hydrogens is 332 g/mol. The smallest absolute Gasteiger partial charge is 0.342 e. The number of amides is 1. The van der Waals surface area contributed by atoms with Crippen LogP contribution >= 0.6 is 0 Å². The van der Waals surface area contributed by atoms with E-state index >= 15 is 0 Å². The van der Waals surface area contributed by atoms with Gasteiger partial charge < -0.3 is 5.32 Å². The number of hydrogen-bond acceptors (Lipinski definition) is 4. The van der Waals surface area contributed by atoms with Crippen LogP contribution in [0.25, 0.3) is 0 Å². The third-order valence-corrected chi connectivity index (χ3v) is 5.80. The number of nitrogens with zero attached hydrogens (tertiary/aromatic N) is 1. The Bertz CT molecular complexity index is 905.